The Bertz CT molecular complexity index is 745. The topological polar surface area (TPSA) is 55.0 Å². The van der Waals surface area contributed by atoms with Crippen LogP contribution >= 0.6 is 0 Å². The first kappa shape index (κ1) is 14.5. The molecule has 1 aromatic carbocycles. The standard InChI is InChI=1S/C19H24N4/c1-19(2)11-14-13(17-16(19)18(20)22-12-21-17)7-6-8-15(14)23-9-4-3-5-10-23/h6-8,12H,3-5,9-11H2,1-2H3,(H2,20,21,22). The third-order valence-corrected chi connectivity index (χ3v) is 5.28. The van der Waals surface area contributed by atoms with Crippen LogP contribution in [0.25, 0.3) is 11.3 Å². The summed E-state index contributed by atoms with van der Waals surface area (Å²) < 4.78 is 0. The Labute approximate surface area is 137 Å². The molecule has 1 saturated heterocycles. The van der Waals surface area contributed by atoms with E-state index in [2.05, 4.69) is 46.9 Å². The number of fused-ring (bicyclic) bond motifs is 3. The van der Waals surface area contributed by atoms with Crippen molar-refractivity contribution < 1.29 is 0 Å². The van der Waals surface area contributed by atoms with E-state index < -0.39 is 0 Å². The minimum Gasteiger partial charge on any atom is -0.383 e. The Hall–Kier alpha value is -2.10. The second kappa shape index (κ2) is 5.22. The number of nitrogens with two attached hydrogens (primary N) is 1. The minimum atomic E-state index is -0.0421. The summed E-state index contributed by atoms with van der Waals surface area (Å²) in [6.45, 7) is 6.83. The molecule has 1 fully saturated rings. The maximum Gasteiger partial charge on any atom is 0.131 e. The summed E-state index contributed by atoms with van der Waals surface area (Å²) in [5, 5.41) is 0. The molecule has 2 heterocycles. The van der Waals surface area contributed by atoms with Crippen molar-refractivity contribution in [1.82, 2.24) is 9.97 Å². The lowest BCUT2D eigenvalue weighted by Gasteiger charge is -2.38. The van der Waals surface area contributed by atoms with Gasteiger partial charge in [0.15, 0.2) is 0 Å². The van der Waals surface area contributed by atoms with Crippen LogP contribution in [0, 0.1) is 0 Å². The zero-order valence-electron chi connectivity index (χ0n) is 14.0. The average Bonchev–Trinajstić information content (AvgIpc) is 2.54. The van der Waals surface area contributed by atoms with Gasteiger partial charge in [0.1, 0.15) is 12.1 Å². The summed E-state index contributed by atoms with van der Waals surface area (Å²) >= 11 is 0. The minimum absolute atomic E-state index is 0.0421. The van der Waals surface area contributed by atoms with Gasteiger partial charge in [0, 0.05) is 29.9 Å². The molecule has 2 aromatic rings. The van der Waals surface area contributed by atoms with E-state index in [0.29, 0.717) is 5.82 Å². The fraction of sp³-hybridized carbons (Fsp3) is 0.474. The molecule has 0 saturated carbocycles. The second-order valence-electron chi connectivity index (χ2n) is 7.39. The van der Waals surface area contributed by atoms with E-state index >= 15 is 0 Å². The van der Waals surface area contributed by atoms with Gasteiger partial charge in [-0.25, -0.2) is 9.97 Å². The summed E-state index contributed by atoms with van der Waals surface area (Å²) in [5.74, 6) is 0.619. The molecule has 23 heavy (non-hydrogen) atoms. The van der Waals surface area contributed by atoms with Gasteiger partial charge in [-0.1, -0.05) is 26.0 Å². The lowest BCUT2D eigenvalue weighted by Crippen LogP contribution is -2.33. The van der Waals surface area contributed by atoms with Crippen LogP contribution in [-0.2, 0) is 11.8 Å². The zero-order valence-corrected chi connectivity index (χ0v) is 14.0. The Morgan fingerprint density at radius 2 is 1.87 bits per heavy atom. The predicted molar refractivity (Wildman–Crippen MR) is 94.7 cm³/mol. The van der Waals surface area contributed by atoms with Gasteiger partial charge in [-0.3, -0.25) is 0 Å². The monoisotopic (exact) mass is 308 g/mol. The molecule has 4 nitrogen and oxygen atoms in total. The van der Waals surface area contributed by atoms with Crippen molar-refractivity contribution in [2.45, 2.75) is 44.9 Å². The summed E-state index contributed by atoms with van der Waals surface area (Å²) in [4.78, 5) is 11.4. The molecule has 1 aromatic heterocycles. The van der Waals surface area contributed by atoms with Crippen molar-refractivity contribution in [3.63, 3.8) is 0 Å². The molecule has 120 valence electrons. The van der Waals surface area contributed by atoms with E-state index in [1.54, 1.807) is 6.33 Å². The summed E-state index contributed by atoms with van der Waals surface area (Å²) in [6.07, 6.45) is 6.51. The molecule has 0 bridgehead atoms. The number of nitrogen functional groups attached to an aromatic ring is 1. The highest BCUT2D eigenvalue weighted by Crippen LogP contribution is 2.46. The number of piperidine rings is 1. The normalized spacial score (nSPS) is 19.1. The third-order valence-electron chi connectivity index (χ3n) is 5.28. The van der Waals surface area contributed by atoms with Crippen molar-refractivity contribution in [3.8, 4) is 11.3 Å². The molecule has 2 N–H and O–H groups in total. The van der Waals surface area contributed by atoms with Crippen LogP contribution in [0.2, 0.25) is 0 Å². The van der Waals surface area contributed by atoms with Crippen LogP contribution in [0.3, 0.4) is 0 Å². The fourth-order valence-electron chi connectivity index (χ4n) is 4.21. The van der Waals surface area contributed by atoms with E-state index in [1.807, 2.05) is 0 Å². The number of hydrogen-bond acceptors (Lipinski definition) is 4. The van der Waals surface area contributed by atoms with Gasteiger partial charge in [-0.05, 0) is 42.7 Å². The fourth-order valence-corrected chi connectivity index (χ4v) is 4.21. The number of benzene rings is 1. The first-order valence-corrected chi connectivity index (χ1v) is 8.56. The Morgan fingerprint density at radius 1 is 1.09 bits per heavy atom. The van der Waals surface area contributed by atoms with E-state index in [4.69, 9.17) is 5.73 Å². The van der Waals surface area contributed by atoms with E-state index in [9.17, 15) is 0 Å². The summed E-state index contributed by atoms with van der Waals surface area (Å²) in [7, 11) is 0. The van der Waals surface area contributed by atoms with Crippen LogP contribution < -0.4 is 10.6 Å². The summed E-state index contributed by atoms with van der Waals surface area (Å²) in [5.41, 5.74) is 12.3. The largest absolute Gasteiger partial charge is 0.383 e. The van der Waals surface area contributed by atoms with Crippen molar-refractivity contribution in [2.75, 3.05) is 23.7 Å². The van der Waals surface area contributed by atoms with Crippen molar-refractivity contribution in [3.05, 3.63) is 35.7 Å². The molecule has 0 unspecified atom stereocenters. The van der Waals surface area contributed by atoms with Gasteiger partial charge in [0.25, 0.3) is 0 Å². The van der Waals surface area contributed by atoms with Gasteiger partial charge < -0.3 is 10.6 Å². The van der Waals surface area contributed by atoms with Crippen molar-refractivity contribution in [2.24, 2.45) is 0 Å². The highest BCUT2D eigenvalue weighted by molar-refractivity contribution is 5.80. The van der Waals surface area contributed by atoms with E-state index in [1.165, 1.54) is 36.1 Å². The first-order chi connectivity index (χ1) is 11.1. The van der Waals surface area contributed by atoms with Crippen LogP contribution in [0.1, 0.15) is 44.2 Å². The van der Waals surface area contributed by atoms with E-state index in [0.717, 1.165) is 30.8 Å². The Kier molecular flexibility index (Phi) is 3.29. The van der Waals surface area contributed by atoms with Crippen LogP contribution in [0.4, 0.5) is 11.5 Å². The number of aromatic nitrogens is 2. The lowest BCUT2D eigenvalue weighted by atomic mass is 9.71. The highest BCUT2D eigenvalue weighted by Gasteiger charge is 2.36. The maximum absolute atomic E-state index is 6.19. The molecule has 4 heteroatoms. The molecule has 1 aliphatic heterocycles. The Morgan fingerprint density at radius 3 is 2.65 bits per heavy atom. The number of hydrogen-bond donors (Lipinski definition) is 1. The average molecular weight is 308 g/mol. The highest BCUT2D eigenvalue weighted by atomic mass is 15.1. The van der Waals surface area contributed by atoms with Gasteiger partial charge in [-0.15, -0.1) is 0 Å². The molecule has 0 amide bonds. The van der Waals surface area contributed by atoms with E-state index in [-0.39, 0.29) is 5.41 Å². The number of nitrogens with zero attached hydrogens (tertiary/aromatic N) is 3. The number of anilines is 2. The predicted octanol–water partition coefficient (Wildman–Crippen LogP) is 3.55. The number of rotatable bonds is 1. The van der Waals surface area contributed by atoms with Crippen LogP contribution in [-0.4, -0.2) is 23.1 Å². The molecule has 1 aliphatic carbocycles. The van der Waals surface area contributed by atoms with Crippen LogP contribution in [0.5, 0.6) is 0 Å². The molecular formula is C19H24N4. The molecule has 0 atom stereocenters. The SMILES string of the molecule is CC1(C)Cc2c(cccc2N2CCCCC2)-c2ncnc(N)c21. The molecule has 4 rings (SSSR count). The third kappa shape index (κ3) is 2.28. The maximum atomic E-state index is 6.19. The smallest absolute Gasteiger partial charge is 0.131 e. The second-order valence-corrected chi connectivity index (χ2v) is 7.39. The summed E-state index contributed by atoms with van der Waals surface area (Å²) in [6, 6.07) is 6.61. The lowest BCUT2D eigenvalue weighted by molar-refractivity contribution is 0.511. The van der Waals surface area contributed by atoms with Gasteiger partial charge in [0.05, 0.1) is 5.69 Å². The molecule has 2 aliphatic rings. The zero-order chi connectivity index (χ0) is 16.0. The molecule has 0 radical (unpaired) electrons. The Balaban J connectivity index is 1.91. The van der Waals surface area contributed by atoms with Gasteiger partial charge in [-0.2, -0.15) is 0 Å². The van der Waals surface area contributed by atoms with Gasteiger partial charge in [0.2, 0.25) is 0 Å². The quantitative estimate of drug-likeness (QED) is 0.875. The molecular weight excluding hydrogens is 284 g/mol. The van der Waals surface area contributed by atoms with Crippen LogP contribution in [0.15, 0.2) is 24.5 Å². The first-order valence-electron chi connectivity index (χ1n) is 8.56. The van der Waals surface area contributed by atoms with Crippen molar-refractivity contribution in [1.29, 1.82) is 0 Å². The van der Waals surface area contributed by atoms with Gasteiger partial charge >= 0.3 is 0 Å². The van der Waals surface area contributed by atoms with Crippen molar-refractivity contribution >= 4 is 11.5 Å². The molecule has 0 spiro atoms.